The van der Waals surface area contributed by atoms with Crippen molar-refractivity contribution in [3.8, 4) is 5.75 Å². The van der Waals surface area contributed by atoms with E-state index in [1.54, 1.807) is 18.2 Å². The fraction of sp³-hybridized carbons (Fsp3) is 0.344. The number of phenols is 1. The van der Waals surface area contributed by atoms with Crippen LogP contribution < -0.4 is 11.1 Å². The lowest BCUT2D eigenvalue weighted by atomic mass is 9.99. The van der Waals surface area contributed by atoms with Crippen LogP contribution in [0.25, 0.3) is 0 Å². The Hall–Kier alpha value is -3.93. The molecule has 210 valence electrons. The number of primary amides is 1. The summed E-state index contributed by atoms with van der Waals surface area (Å²) in [7, 11) is 0. The second kappa shape index (κ2) is 27.7. The number of rotatable bonds is 6. The van der Waals surface area contributed by atoms with Crippen molar-refractivity contribution in [2.24, 2.45) is 11.7 Å². The molecule has 1 atom stereocenters. The highest BCUT2D eigenvalue weighted by Crippen LogP contribution is 2.24. The van der Waals surface area contributed by atoms with Gasteiger partial charge < -0.3 is 25.7 Å². The molecule has 0 bridgehead atoms. The molecule has 1 unspecified atom stereocenters. The van der Waals surface area contributed by atoms with Crippen molar-refractivity contribution in [3.05, 3.63) is 90.6 Å². The van der Waals surface area contributed by atoms with Crippen LogP contribution in [0.3, 0.4) is 0 Å². The van der Waals surface area contributed by atoms with Gasteiger partial charge in [0.2, 0.25) is 6.41 Å². The number of nitrogens with one attached hydrogen (secondary N) is 1. The third-order valence-electron chi connectivity index (χ3n) is 5.26. The van der Waals surface area contributed by atoms with E-state index in [1.165, 1.54) is 36.8 Å². The number of carbonyl (C=O) groups is 3. The maximum atomic E-state index is 9.30. The van der Waals surface area contributed by atoms with Gasteiger partial charge in [0.15, 0.2) is 0 Å². The summed E-state index contributed by atoms with van der Waals surface area (Å²) < 4.78 is 0. The number of hydrogen-bond donors (Lipinski definition) is 3. The minimum Gasteiger partial charge on any atom is -0.508 e. The van der Waals surface area contributed by atoms with Crippen LogP contribution in [0.1, 0.15) is 71.8 Å². The number of benzene rings is 2. The van der Waals surface area contributed by atoms with E-state index in [0.717, 1.165) is 17.3 Å². The summed E-state index contributed by atoms with van der Waals surface area (Å²) in [4.78, 5) is 24.6. The third kappa shape index (κ3) is 20.3. The molecule has 0 aliphatic heterocycles. The Labute approximate surface area is 230 Å². The number of carbonyl (C=O) groups excluding carboxylic acids is 3. The Morgan fingerprint density at radius 1 is 0.974 bits per heavy atom. The third-order valence-corrected chi connectivity index (χ3v) is 5.26. The maximum absolute atomic E-state index is 9.30. The maximum Gasteiger partial charge on any atom is 0.204 e. The van der Waals surface area contributed by atoms with E-state index in [4.69, 9.17) is 14.4 Å². The molecule has 1 aliphatic rings. The van der Waals surface area contributed by atoms with Crippen LogP contribution in [-0.4, -0.2) is 25.1 Å². The fourth-order valence-corrected chi connectivity index (χ4v) is 3.36. The molecule has 1 amide bonds. The summed E-state index contributed by atoms with van der Waals surface area (Å²) in [6, 6.07) is 15.4. The zero-order chi connectivity index (χ0) is 29.8. The van der Waals surface area contributed by atoms with Crippen molar-refractivity contribution in [3.63, 3.8) is 0 Å². The molecule has 0 heterocycles. The molecule has 4 N–H and O–H groups in total. The zero-order valence-corrected chi connectivity index (χ0v) is 23.9. The first-order valence-corrected chi connectivity index (χ1v) is 12.8. The molecule has 6 nitrogen and oxygen atoms in total. The average molecular weight is 525 g/mol. The molecule has 38 heavy (non-hydrogen) atoms. The number of phenolic OH excluding ortho intramolecular Hbond substituents is 1. The van der Waals surface area contributed by atoms with E-state index < -0.39 is 0 Å². The summed E-state index contributed by atoms with van der Waals surface area (Å²) in [6.45, 7) is 18.3. The highest BCUT2D eigenvalue weighted by Gasteiger charge is 2.07. The largest absolute Gasteiger partial charge is 0.508 e. The lowest BCUT2D eigenvalue weighted by Crippen LogP contribution is -1.92. The van der Waals surface area contributed by atoms with E-state index in [1.807, 2.05) is 45.6 Å². The van der Waals surface area contributed by atoms with Crippen molar-refractivity contribution in [2.75, 3.05) is 5.32 Å². The van der Waals surface area contributed by atoms with Crippen LogP contribution >= 0.6 is 0 Å². The van der Waals surface area contributed by atoms with Gasteiger partial charge in [0.05, 0.1) is 0 Å². The number of allylic oxidation sites excluding steroid dienone is 5. The Bertz CT molecular complexity index is 883. The van der Waals surface area contributed by atoms with Gasteiger partial charge in [0, 0.05) is 11.4 Å². The lowest BCUT2D eigenvalue weighted by molar-refractivity contribution is -0.107. The molecule has 0 radical (unpaired) electrons. The van der Waals surface area contributed by atoms with E-state index in [2.05, 4.69) is 74.8 Å². The average Bonchev–Trinajstić information content (AvgIpc) is 3.44. The van der Waals surface area contributed by atoms with Crippen molar-refractivity contribution in [1.82, 2.24) is 0 Å². The van der Waals surface area contributed by atoms with Crippen LogP contribution in [0.5, 0.6) is 5.75 Å². The first kappa shape index (κ1) is 38.6. The molecule has 0 spiro atoms. The van der Waals surface area contributed by atoms with Crippen molar-refractivity contribution in [1.29, 1.82) is 0 Å². The molecule has 2 aromatic carbocycles. The van der Waals surface area contributed by atoms with Gasteiger partial charge in [-0.3, -0.25) is 4.79 Å². The van der Waals surface area contributed by atoms with Crippen LogP contribution in [-0.2, 0) is 14.4 Å². The van der Waals surface area contributed by atoms with Gasteiger partial charge >= 0.3 is 0 Å². The molecule has 0 aromatic heterocycles. The standard InChI is InChI=1S/C21H23NO.C6H12.C2H6.CH3NO.2CH2O/c1-4-5-16(2)6-7-17(3)18-8-10-19(11-9-18)22-20-12-14-21(23)15-13-20;1-6-4-2-3-5-6;1-2;2-1-3;2*1-2/h4-15,17,22-23H,1H2,2-3H3;6H,2-5H2,1H3;1-2H3;1H,(H2,2,3);2*1H2/b7-6-,16-5-;;;;;. The van der Waals surface area contributed by atoms with Crippen molar-refractivity contribution >= 4 is 31.4 Å². The minimum atomic E-state index is 0.250. The van der Waals surface area contributed by atoms with Crippen LogP contribution in [0.15, 0.2) is 85.0 Å². The van der Waals surface area contributed by atoms with Crippen LogP contribution in [0, 0.1) is 5.92 Å². The highest BCUT2D eigenvalue weighted by molar-refractivity contribution is 5.60. The minimum absolute atomic E-state index is 0.250. The molecular weight excluding hydrogens is 476 g/mol. The Kier molecular flexibility index (Phi) is 28.1. The molecule has 1 saturated carbocycles. The smallest absolute Gasteiger partial charge is 0.204 e. The van der Waals surface area contributed by atoms with Crippen LogP contribution in [0.4, 0.5) is 11.4 Å². The number of aromatic hydroxyl groups is 1. The summed E-state index contributed by atoms with van der Waals surface area (Å²) in [6.07, 6.45) is 14.3. The quantitative estimate of drug-likeness (QED) is 0.202. The van der Waals surface area contributed by atoms with Gasteiger partial charge in [0.1, 0.15) is 19.3 Å². The number of anilines is 2. The molecule has 0 saturated heterocycles. The van der Waals surface area contributed by atoms with E-state index in [0.29, 0.717) is 5.92 Å². The first-order chi connectivity index (χ1) is 18.4. The highest BCUT2D eigenvalue weighted by atomic mass is 16.3. The predicted molar refractivity (Wildman–Crippen MR) is 163 cm³/mol. The SMILES string of the molecule is C=C/C=C(C)\C=C/C(C)c1ccc(Nc2ccc(O)cc2)cc1.C=O.C=O.CC.CC1CCCC1.NC=O. The van der Waals surface area contributed by atoms with Crippen molar-refractivity contribution < 1.29 is 19.5 Å². The zero-order valence-electron chi connectivity index (χ0n) is 23.9. The molecule has 1 fully saturated rings. The second-order valence-corrected chi connectivity index (χ2v) is 8.11. The first-order valence-electron chi connectivity index (χ1n) is 12.8. The van der Waals surface area contributed by atoms with E-state index in [9.17, 15) is 5.11 Å². The summed E-state index contributed by atoms with van der Waals surface area (Å²) in [5.74, 6) is 1.67. The summed E-state index contributed by atoms with van der Waals surface area (Å²) >= 11 is 0. The van der Waals surface area contributed by atoms with Gasteiger partial charge in [-0.15, -0.1) is 0 Å². The van der Waals surface area contributed by atoms with Crippen molar-refractivity contribution in [2.45, 2.75) is 66.2 Å². The normalized spacial score (nSPS) is 12.6. The van der Waals surface area contributed by atoms with Crippen LogP contribution in [0.2, 0.25) is 0 Å². The fourth-order valence-electron chi connectivity index (χ4n) is 3.36. The van der Waals surface area contributed by atoms with E-state index in [-0.39, 0.29) is 12.2 Å². The van der Waals surface area contributed by atoms with Gasteiger partial charge in [-0.25, -0.2) is 0 Å². The van der Waals surface area contributed by atoms with Gasteiger partial charge in [-0.1, -0.05) is 102 Å². The Morgan fingerprint density at radius 2 is 1.39 bits per heavy atom. The molecule has 1 aliphatic carbocycles. The second-order valence-electron chi connectivity index (χ2n) is 8.11. The van der Waals surface area contributed by atoms with Gasteiger partial charge in [-0.2, -0.15) is 0 Å². The topological polar surface area (TPSA) is 109 Å². The Morgan fingerprint density at radius 3 is 1.76 bits per heavy atom. The lowest BCUT2D eigenvalue weighted by Gasteiger charge is -2.10. The summed E-state index contributed by atoms with van der Waals surface area (Å²) in [5, 5.41) is 12.6. The molecule has 6 heteroatoms. The number of amides is 1. The molecule has 2 aromatic rings. The number of hydrogen-bond acceptors (Lipinski definition) is 5. The molecule has 3 rings (SSSR count). The van der Waals surface area contributed by atoms with Gasteiger partial charge in [-0.05, 0) is 60.7 Å². The number of nitrogens with two attached hydrogens (primary N) is 1. The monoisotopic (exact) mass is 524 g/mol. The summed E-state index contributed by atoms with van der Waals surface area (Å²) in [5.41, 5.74) is 8.61. The van der Waals surface area contributed by atoms with Gasteiger partial charge in [0.25, 0.3) is 0 Å². The van der Waals surface area contributed by atoms with E-state index >= 15 is 0 Å². The molecular formula is C32H48N2O4. The Balaban J connectivity index is -0.000000675. The predicted octanol–water partition coefficient (Wildman–Crippen LogP) is 7.88.